The molecule has 1 aliphatic rings. The highest BCUT2D eigenvalue weighted by Gasteiger charge is 2.38. The number of hydrogen-bond donors (Lipinski definition) is 1. The van der Waals surface area contributed by atoms with E-state index in [1.54, 1.807) is 4.90 Å². The maximum Gasteiger partial charge on any atom is 0.239 e. The Kier molecular flexibility index (Phi) is 4.98. The highest BCUT2D eigenvalue weighted by molar-refractivity contribution is 6.10. The molecular weight excluding hydrogens is 350 g/mol. The molecule has 2 heterocycles. The van der Waals surface area contributed by atoms with E-state index in [9.17, 15) is 9.59 Å². The van der Waals surface area contributed by atoms with Crippen LogP contribution in [-0.4, -0.2) is 22.9 Å². The van der Waals surface area contributed by atoms with Crippen molar-refractivity contribution < 1.29 is 9.59 Å². The first kappa shape index (κ1) is 18.0. The van der Waals surface area contributed by atoms with Crippen molar-refractivity contribution >= 4 is 17.5 Å². The van der Waals surface area contributed by atoms with Gasteiger partial charge in [0, 0.05) is 18.9 Å². The van der Waals surface area contributed by atoms with Crippen molar-refractivity contribution in [3.8, 4) is 5.69 Å². The minimum atomic E-state index is -0.649. The molecule has 1 fully saturated rings. The molecule has 3 aromatic rings. The van der Waals surface area contributed by atoms with Crippen LogP contribution in [-0.2, 0) is 9.59 Å². The Bertz CT molecular complexity index is 967. The summed E-state index contributed by atoms with van der Waals surface area (Å²) in [7, 11) is 0. The molecule has 142 valence electrons. The van der Waals surface area contributed by atoms with Crippen molar-refractivity contribution in [1.29, 1.82) is 0 Å². The molecule has 0 spiro atoms. The lowest BCUT2D eigenvalue weighted by molar-refractivity contribution is -0.132. The molecule has 1 saturated heterocycles. The number of nitrogens with zero attached hydrogens (tertiary/aromatic N) is 2. The van der Waals surface area contributed by atoms with E-state index < -0.39 is 5.92 Å². The van der Waals surface area contributed by atoms with Gasteiger partial charge in [0.25, 0.3) is 0 Å². The second-order valence-corrected chi connectivity index (χ2v) is 7.05. The lowest BCUT2D eigenvalue weighted by Crippen LogP contribution is -2.38. The Morgan fingerprint density at radius 3 is 2.32 bits per heavy atom. The molecule has 2 unspecified atom stereocenters. The highest BCUT2D eigenvalue weighted by atomic mass is 16.2. The van der Waals surface area contributed by atoms with Gasteiger partial charge in [0.05, 0.1) is 17.4 Å². The molecule has 2 aromatic carbocycles. The van der Waals surface area contributed by atoms with Gasteiger partial charge in [0.15, 0.2) is 0 Å². The summed E-state index contributed by atoms with van der Waals surface area (Å²) >= 11 is 0. The zero-order valence-corrected chi connectivity index (χ0v) is 15.8. The molecule has 2 amide bonds. The van der Waals surface area contributed by atoms with Crippen LogP contribution < -0.4 is 10.2 Å². The number of carbonyl (C=O) groups is 2. The number of nitrogens with one attached hydrogen (secondary N) is 1. The number of anilines is 1. The van der Waals surface area contributed by atoms with Crippen molar-refractivity contribution in [3.63, 3.8) is 0 Å². The standard InChI is InChI=1S/C23H23N3O2/c1-17(18-9-3-2-4-10-18)24-22(27)19-13-16-26(23(19)28)21-12-6-5-11-20(21)25-14-7-8-15-25/h2-12,14-15,17,19H,13,16H2,1H3,(H,24,27). The molecule has 2 atom stereocenters. The smallest absolute Gasteiger partial charge is 0.239 e. The first-order valence-electron chi connectivity index (χ1n) is 9.54. The molecule has 0 radical (unpaired) electrons. The van der Waals surface area contributed by atoms with Crippen LogP contribution in [0.4, 0.5) is 5.69 Å². The zero-order chi connectivity index (χ0) is 19.5. The number of benzene rings is 2. The molecule has 4 rings (SSSR count). The number of aromatic nitrogens is 1. The van der Waals surface area contributed by atoms with E-state index in [-0.39, 0.29) is 17.9 Å². The van der Waals surface area contributed by atoms with Crippen LogP contribution in [0, 0.1) is 5.92 Å². The van der Waals surface area contributed by atoms with E-state index in [1.807, 2.05) is 90.6 Å². The van der Waals surface area contributed by atoms with Crippen LogP contribution in [0.1, 0.15) is 24.9 Å². The van der Waals surface area contributed by atoms with E-state index in [0.29, 0.717) is 13.0 Å². The van der Waals surface area contributed by atoms with Gasteiger partial charge in [0.1, 0.15) is 5.92 Å². The Balaban J connectivity index is 1.51. The summed E-state index contributed by atoms with van der Waals surface area (Å²) in [5, 5.41) is 2.99. The molecule has 0 bridgehead atoms. The van der Waals surface area contributed by atoms with Crippen molar-refractivity contribution in [3.05, 3.63) is 84.7 Å². The molecular formula is C23H23N3O2. The fraction of sp³-hybridized carbons (Fsp3) is 0.217. The maximum absolute atomic E-state index is 13.0. The molecule has 0 aliphatic carbocycles. The van der Waals surface area contributed by atoms with Crippen molar-refractivity contribution in [2.75, 3.05) is 11.4 Å². The van der Waals surface area contributed by atoms with Crippen molar-refractivity contribution in [1.82, 2.24) is 9.88 Å². The van der Waals surface area contributed by atoms with E-state index in [4.69, 9.17) is 0 Å². The SMILES string of the molecule is CC(NC(=O)C1CCN(c2ccccc2-n2cccc2)C1=O)c1ccccc1. The summed E-state index contributed by atoms with van der Waals surface area (Å²) in [6.07, 6.45) is 4.42. The van der Waals surface area contributed by atoms with Gasteiger partial charge in [-0.3, -0.25) is 9.59 Å². The van der Waals surface area contributed by atoms with Crippen LogP contribution in [0.25, 0.3) is 5.69 Å². The normalized spacial score (nSPS) is 17.5. The Morgan fingerprint density at radius 1 is 0.964 bits per heavy atom. The van der Waals surface area contributed by atoms with Gasteiger partial charge < -0.3 is 14.8 Å². The van der Waals surface area contributed by atoms with Crippen LogP contribution in [0.2, 0.25) is 0 Å². The van der Waals surface area contributed by atoms with Crippen LogP contribution in [0.15, 0.2) is 79.1 Å². The minimum absolute atomic E-state index is 0.136. The zero-order valence-electron chi connectivity index (χ0n) is 15.8. The number of hydrogen-bond acceptors (Lipinski definition) is 2. The fourth-order valence-electron chi connectivity index (χ4n) is 3.71. The van der Waals surface area contributed by atoms with E-state index >= 15 is 0 Å². The van der Waals surface area contributed by atoms with Crippen molar-refractivity contribution in [2.24, 2.45) is 5.92 Å². The predicted molar refractivity (Wildman–Crippen MR) is 109 cm³/mol. The third-order valence-corrected chi connectivity index (χ3v) is 5.24. The average molecular weight is 373 g/mol. The maximum atomic E-state index is 13.0. The van der Waals surface area contributed by atoms with Gasteiger partial charge in [-0.15, -0.1) is 0 Å². The summed E-state index contributed by atoms with van der Waals surface area (Å²) in [6.45, 7) is 2.47. The molecule has 28 heavy (non-hydrogen) atoms. The Labute approximate surface area is 164 Å². The summed E-state index contributed by atoms with van der Waals surface area (Å²) in [5.41, 5.74) is 2.78. The third kappa shape index (κ3) is 3.43. The van der Waals surface area contributed by atoms with E-state index in [1.165, 1.54) is 0 Å². The summed E-state index contributed by atoms with van der Waals surface area (Å²) in [6, 6.07) is 21.3. The molecule has 0 saturated carbocycles. The molecule has 5 heteroatoms. The summed E-state index contributed by atoms with van der Waals surface area (Å²) in [5.74, 6) is -0.997. The van der Waals surface area contributed by atoms with Gasteiger partial charge >= 0.3 is 0 Å². The molecule has 1 N–H and O–H groups in total. The van der Waals surface area contributed by atoms with E-state index in [2.05, 4.69) is 5.32 Å². The monoisotopic (exact) mass is 373 g/mol. The predicted octanol–water partition coefficient (Wildman–Crippen LogP) is 3.71. The topological polar surface area (TPSA) is 54.3 Å². The van der Waals surface area contributed by atoms with Crippen LogP contribution in [0.3, 0.4) is 0 Å². The van der Waals surface area contributed by atoms with Crippen molar-refractivity contribution in [2.45, 2.75) is 19.4 Å². The van der Waals surface area contributed by atoms with E-state index in [0.717, 1.165) is 16.9 Å². The highest BCUT2D eigenvalue weighted by Crippen LogP contribution is 2.31. The van der Waals surface area contributed by atoms with Gasteiger partial charge in [-0.05, 0) is 43.2 Å². The van der Waals surface area contributed by atoms with Gasteiger partial charge in [-0.1, -0.05) is 42.5 Å². The van der Waals surface area contributed by atoms with Gasteiger partial charge in [0.2, 0.25) is 11.8 Å². The average Bonchev–Trinajstić information content (AvgIpc) is 3.38. The Hall–Kier alpha value is -3.34. The first-order valence-corrected chi connectivity index (χ1v) is 9.54. The third-order valence-electron chi connectivity index (χ3n) is 5.24. The lowest BCUT2D eigenvalue weighted by Gasteiger charge is -2.21. The van der Waals surface area contributed by atoms with Crippen LogP contribution >= 0.6 is 0 Å². The number of para-hydroxylation sites is 2. The lowest BCUT2D eigenvalue weighted by atomic mass is 10.0. The number of amides is 2. The number of rotatable bonds is 5. The van der Waals surface area contributed by atoms with Gasteiger partial charge in [-0.2, -0.15) is 0 Å². The largest absolute Gasteiger partial charge is 0.349 e. The molecule has 1 aromatic heterocycles. The Morgan fingerprint density at radius 2 is 1.61 bits per heavy atom. The summed E-state index contributed by atoms with van der Waals surface area (Å²) in [4.78, 5) is 27.5. The number of carbonyl (C=O) groups excluding carboxylic acids is 2. The second kappa shape index (κ2) is 7.72. The summed E-state index contributed by atoms with van der Waals surface area (Å²) < 4.78 is 1.98. The molecule has 5 nitrogen and oxygen atoms in total. The minimum Gasteiger partial charge on any atom is -0.349 e. The van der Waals surface area contributed by atoms with Gasteiger partial charge in [-0.25, -0.2) is 0 Å². The second-order valence-electron chi connectivity index (χ2n) is 7.05. The molecule has 1 aliphatic heterocycles. The quantitative estimate of drug-likeness (QED) is 0.693. The first-order chi connectivity index (χ1) is 13.6. The fourth-order valence-corrected chi connectivity index (χ4v) is 3.71. The van der Waals surface area contributed by atoms with Crippen LogP contribution in [0.5, 0.6) is 0 Å².